The number of benzene rings is 2. The number of nitrogens with zero attached hydrogens (tertiary/aromatic N) is 1. The van der Waals surface area contributed by atoms with Crippen molar-refractivity contribution in [3.8, 4) is 11.8 Å². The number of hydrogen-bond acceptors (Lipinski definition) is 3. The van der Waals surface area contributed by atoms with E-state index in [4.69, 9.17) is 10.00 Å². The van der Waals surface area contributed by atoms with Gasteiger partial charge in [-0.3, -0.25) is 0 Å². The average Bonchev–Trinajstić information content (AvgIpc) is 2.45. The molecule has 0 unspecified atom stereocenters. The van der Waals surface area contributed by atoms with Gasteiger partial charge >= 0.3 is 0 Å². The average molecular weight is 271 g/mol. The van der Waals surface area contributed by atoms with Crippen LogP contribution in [0.2, 0.25) is 0 Å². The lowest BCUT2D eigenvalue weighted by molar-refractivity contribution is 0.190. The van der Waals surface area contributed by atoms with E-state index in [1.807, 2.05) is 6.07 Å². The molecule has 1 atom stereocenters. The summed E-state index contributed by atoms with van der Waals surface area (Å²) >= 11 is 0. The maximum atomic E-state index is 13.2. The van der Waals surface area contributed by atoms with Gasteiger partial charge in [0.15, 0.2) is 0 Å². The molecule has 0 amide bonds. The molecule has 0 heterocycles. The highest BCUT2D eigenvalue weighted by Gasteiger charge is 2.10. The molecule has 0 fully saturated rings. The highest BCUT2D eigenvalue weighted by atomic mass is 19.1. The third kappa shape index (κ3) is 3.34. The van der Waals surface area contributed by atoms with Crippen molar-refractivity contribution >= 4 is 0 Å². The molecule has 0 aromatic heterocycles. The lowest BCUT2D eigenvalue weighted by atomic mass is 10.1. The number of aliphatic hydroxyl groups is 1. The fourth-order valence-electron chi connectivity index (χ4n) is 1.81. The lowest BCUT2D eigenvalue weighted by Gasteiger charge is -2.13. The van der Waals surface area contributed by atoms with Crippen LogP contribution in [0.15, 0.2) is 42.5 Å². The Bertz CT molecular complexity index is 630. The number of halogens is 1. The van der Waals surface area contributed by atoms with Gasteiger partial charge in [-0.1, -0.05) is 12.1 Å². The predicted molar refractivity (Wildman–Crippen MR) is 72.5 cm³/mol. The monoisotopic (exact) mass is 271 g/mol. The van der Waals surface area contributed by atoms with Crippen LogP contribution in [0.5, 0.6) is 5.75 Å². The molecule has 0 aliphatic rings. The van der Waals surface area contributed by atoms with Crippen LogP contribution in [0.4, 0.5) is 4.39 Å². The van der Waals surface area contributed by atoms with E-state index in [0.717, 1.165) is 5.56 Å². The first-order valence-corrected chi connectivity index (χ1v) is 6.19. The summed E-state index contributed by atoms with van der Waals surface area (Å²) in [6.45, 7) is 1.84. The normalized spacial score (nSPS) is 11.7. The standard InChI is InChI=1S/C16H14FNO2/c1-11(19)15-7-6-14(17)8-16(15)20-10-13-4-2-12(9-18)3-5-13/h2-8,11,19H,10H2,1H3/t11-/m1/s1. The van der Waals surface area contributed by atoms with Crippen molar-refractivity contribution in [3.63, 3.8) is 0 Å². The first kappa shape index (κ1) is 14.0. The van der Waals surface area contributed by atoms with Crippen LogP contribution in [0.3, 0.4) is 0 Å². The molecule has 0 saturated heterocycles. The quantitative estimate of drug-likeness (QED) is 0.928. The number of hydrogen-bond donors (Lipinski definition) is 1. The zero-order chi connectivity index (χ0) is 14.5. The van der Waals surface area contributed by atoms with E-state index in [2.05, 4.69) is 0 Å². The van der Waals surface area contributed by atoms with E-state index in [1.165, 1.54) is 18.2 Å². The smallest absolute Gasteiger partial charge is 0.128 e. The van der Waals surface area contributed by atoms with Crippen molar-refractivity contribution in [2.75, 3.05) is 0 Å². The van der Waals surface area contributed by atoms with Crippen LogP contribution >= 0.6 is 0 Å². The number of nitriles is 1. The second kappa shape index (κ2) is 6.18. The Morgan fingerprint density at radius 3 is 2.55 bits per heavy atom. The van der Waals surface area contributed by atoms with E-state index in [0.29, 0.717) is 16.9 Å². The molecule has 4 heteroatoms. The third-order valence-corrected chi connectivity index (χ3v) is 2.90. The van der Waals surface area contributed by atoms with Gasteiger partial charge < -0.3 is 9.84 Å². The molecule has 0 radical (unpaired) electrons. The molecule has 0 bridgehead atoms. The zero-order valence-electron chi connectivity index (χ0n) is 11.0. The van der Waals surface area contributed by atoms with Crippen molar-refractivity contribution < 1.29 is 14.2 Å². The van der Waals surface area contributed by atoms with E-state index in [1.54, 1.807) is 31.2 Å². The van der Waals surface area contributed by atoms with Crippen LogP contribution < -0.4 is 4.74 Å². The summed E-state index contributed by atoms with van der Waals surface area (Å²) in [5.74, 6) is -0.0893. The van der Waals surface area contributed by atoms with Crippen LogP contribution in [0.1, 0.15) is 29.7 Å². The van der Waals surface area contributed by atoms with E-state index in [9.17, 15) is 9.50 Å². The third-order valence-electron chi connectivity index (χ3n) is 2.90. The molecule has 2 aromatic carbocycles. The molecule has 1 N–H and O–H groups in total. The molecular formula is C16H14FNO2. The maximum Gasteiger partial charge on any atom is 0.128 e. The minimum absolute atomic E-state index is 0.245. The molecule has 3 nitrogen and oxygen atoms in total. The van der Waals surface area contributed by atoms with Gasteiger partial charge in [0, 0.05) is 11.6 Å². The molecule has 0 spiro atoms. The van der Waals surface area contributed by atoms with Crippen LogP contribution in [0, 0.1) is 17.1 Å². The molecule has 2 rings (SSSR count). The Morgan fingerprint density at radius 1 is 1.25 bits per heavy atom. The number of ether oxygens (including phenoxy) is 1. The zero-order valence-corrected chi connectivity index (χ0v) is 11.0. The van der Waals surface area contributed by atoms with Crippen molar-refractivity contribution in [2.45, 2.75) is 19.6 Å². The summed E-state index contributed by atoms with van der Waals surface area (Å²) in [5.41, 5.74) is 1.98. The van der Waals surface area contributed by atoms with Crippen molar-refractivity contribution in [3.05, 3.63) is 65.0 Å². The summed E-state index contributed by atoms with van der Waals surface area (Å²) in [5, 5.41) is 18.3. The Balaban J connectivity index is 2.13. The number of aliphatic hydroxyl groups excluding tert-OH is 1. The van der Waals surface area contributed by atoms with Crippen molar-refractivity contribution in [2.24, 2.45) is 0 Å². The van der Waals surface area contributed by atoms with Gasteiger partial charge in [-0.15, -0.1) is 0 Å². The predicted octanol–water partition coefficient (Wildman–Crippen LogP) is 3.33. The minimum atomic E-state index is -0.730. The summed E-state index contributed by atoms with van der Waals surface area (Å²) in [4.78, 5) is 0. The van der Waals surface area contributed by atoms with Crippen LogP contribution in [-0.4, -0.2) is 5.11 Å². The molecule has 102 valence electrons. The second-order valence-electron chi connectivity index (χ2n) is 4.46. The molecular weight excluding hydrogens is 257 g/mol. The highest BCUT2D eigenvalue weighted by Crippen LogP contribution is 2.26. The van der Waals surface area contributed by atoms with E-state index >= 15 is 0 Å². The largest absolute Gasteiger partial charge is 0.488 e. The first-order valence-electron chi connectivity index (χ1n) is 6.19. The molecule has 0 aliphatic heterocycles. The second-order valence-corrected chi connectivity index (χ2v) is 4.46. The van der Waals surface area contributed by atoms with Crippen LogP contribution in [-0.2, 0) is 6.61 Å². The fourth-order valence-corrected chi connectivity index (χ4v) is 1.81. The van der Waals surface area contributed by atoms with Gasteiger partial charge in [0.2, 0.25) is 0 Å². The summed E-state index contributed by atoms with van der Waals surface area (Å²) in [6.07, 6.45) is -0.730. The minimum Gasteiger partial charge on any atom is -0.488 e. The summed E-state index contributed by atoms with van der Waals surface area (Å²) in [6, 6.07) is 13.0. The first-order chi connectivity index (χ1) is 9.60. The topological polar surface area (TPSA) is 53.2 Å². The Morgan fingerprint density at radius 2 is 1.95 bits per heavy atom. The van der Waals surface area contributed by atoms with E-state index < -0.39 is 11.9 Å². The Hall–Kier alpha value is -2.38. The fraction of sp³-hybridized carbons (Fsp3) is 0.188. The van der Waals surface area contributed by atoms with Gasteiger partial charge in [0.25, 0.3) is 0 Å². The summed E-state index contributed by atoms with van der Waals surface area (Å²) in [7, 11) is 0. The van der Waals surface area contributed by atoms with Crippen molar-refractivity contribution in [1.29, 1.82) is 5.26 Å². The van der Waals surface area contributed by atoms with Gasteiger partial charge in [0.05, 0.1) is 17.7 Å². The molecule has 0 saturated carbocycles. The van der Waals surface area contributed by atoms with E-state index in [-0.39, 0.29) is 6.61 Å². The van der Waals surface area contributed by atoms with Crippen LogP contribution in [0.25, 0.3) is 0 Å². The van der Waals surface area contributed by atoms with Gasteiger partial charge in [0.1, 0.15) is 18.2 Å². The van der Waals surface area contributed by atoms with Gasteiger partial charge in [-0.2, -0.15) is 5.26 Å². The number of rotatable bonds is 4. The highest BCUT2D eigenvalue weighted by molar-refractivity contribution is 5.36. The van der Waals surface area contributed by atoms with Crippen molar-refractivity contribution in [1.82, 2.24) is 0 Å². The molecule has 0 aliphatic carbocycles. The maximum absolute atomic E-state index is 13.2. The SMILES string of the molecule is C[C@@H](O)c1ccc(F)cc1OCc1ccc(C#N)cc1. The molecule has 20 heavy (non-hydrogen) atoms. The summed E-state index contributed by atoms with van der Waals surface area (Å²) < 4.78 is 18.8. The Kier molecular flexibility index (Phi) is 4.34. The molecule has 2 aromatic rings. The lowest BCUT2D eigenvalue weighted by Crippen LogP contribution is -2.01. The van der Waals surface area contributed by atoms with Gasteiger partial charge in [-0.05, 0) is 36.8 Å². The van der Waals surface area contributed by atoms with Gasteiger partial charge in [-0.25, -0.2) is 4.39 Å². The Labute approximate surface area is 116 Å².